The largest absolute Gasteiger partial charge is 0.480 e. The van der Waals surface area contributed by atoms with E-state index < -0.39 is 21.8 Å². The summed E-state index contributed by atoms with van der Waals surface area (Å²) in [5, 5.41) is 11.7. The highest BCUT2D eigenvalue weighted by Gasteiger charge is 2.59. The van der Waals surface area contributed by atoms with Crippen molar-refractivity contribution in [3.8, 4) is 0 Å². The summed E-state index contributed by atoms with van der Waals surface area (Å²) < 4.78 is 22.9. The molecule has 118 valence electrons. The number of carboxylic acids is 1. The third kappa shape index (κ3) is 3.64. The average molecular weight is 315 g/mol. The number of allylic oxidation sites excluding steroid dienone is 1. The van der Waals surface area contributed by atoms with E-state index in [-0.39, 0.29) is 35.2 Å². The molecule has 2 N–H and O–H groups in total. The highest BCUT2D eigenvalue weighted by Crippen LogP contribution is 2.59. The van der Waals surface area contributed by atoms with Crippen molar-refractivity contribution in [1.29, 1.82) is 0 Å². The van der Waals surface area contributed by atoms with Crippen LogP contribution in [-0.4, -0.2) is 42.9 Å². The molecule has 1 amide bonds. The number of carbonyl (C=O) groups excluding carboxylic acids is 1. The molecule has 0 aromatic carbocycles. The van der Waals surface area contributed by atoms with Gasteiger partial charge in [0.15, 0.2) is 0 Å². The number of rotatable bonds is 5. The Hall–Kier alpha value is -1.37. The Kier molecular flexibility index (Phi) is 4.41. The Morgan fingerprint density at radius 1 is 1.38 bits per heavy atom. The first kappa shape index (κ1) is 16.0. The highest BCUT2D eigenvalue weighted by atomic mass is 32.2. The minimum atomic E-state index is -2.95. The third-order valence-electron chi connectivity index (χ3n) is 4.55. The summed E-state index contributed by atoms with van der Waals surface area (Å²) in [5.74, 6) is -1.27. The fourth-order valence-corrected chi connectivity index (χ4v) is 4.62. The van der Waals surface area contributed by atoms with E-state index in [4.69, 9.17) is 5.11 Å². The van der Waals surface area contributed by atoms with Crippen LogP contribution in [0.5, 0.6) is 0 Å². The van der Waals surface area contributed by atoms with Crippen LogP contribution in [0.1, 0.15) is 32.6 Å². The maximum Gasteiger partial charge on any atom is 0.326 e. The van der Waals surface area contributed by atoms with Crippen molar-refractivity contribution < 1.29 is 23.1 Å². The minimum Gasteiger partial charge on any atom is -0.480 e. The van der Waals surface area contributed by atoms with E-state index in [0.29, 0.717) is 19.3 Å². The second-order valence-corrected chi connectivity index (χ2v) is 8.28. The number of aliphatic carboxylic acids is 1. The summed E-state index contributed by atoms with van der Waals surface area (Å²) in [5.41, 5.74) is -0.209. The molecule has 0 aromatic heterocycles. The zero-order chi connectivity index (χ0) is 15.7. The number of amides is 1. The predicted octanol–water partition coefficient (Wildman–Crippen LogP) is 0.737. The first-order chi connectivity index (χ1) is 9.80. The second kappa shape index (κ2) is 5.79. The van der Waals surface area contributed by atoms with E-state index in [1.54, 1.807) is 19.1 Å². The molecule has 0 radical (unpaired) electrons. The van der Waals surface area contributed by atoms with Gasteiger partial charge in [-0.05, 0) is 38.0 Å². The predicted molar refractivity (Wildman–Crippen MR) is 77.4 cm³/mol. The van der Waals surface area contributed by atoms with E-state index in [1.807, 2.05) is 0 Å². The molecule has 1 saturated carbocycles. The molecular weight excluding hydrogens is 294 g/mol. The SMILES string of the molecule is C/C=C/CC(NC(=O)C1CC12CCS(=O)(=O)CC2)C(=O)O. The van der Waals surface area contributed by atoms with Crippen LogP contribution in [-0.2, 0) is 19.4 Å². The molecule has 0 aromatic rings. The lowest BCUT2D eigenvalue weighted by molar-refractivity contribution is -0.142. The lowest BCUT2D eigenvalue weighted by Gasteiger charge is -2.23. The summed E-state index contributed by atoms with van der Waals surface area (Å²) in [6, 6.07) is -0.918. The molecule has 2 fully saturated rings. The number of carboxylic acid groups (broad SMARTS) is 1. The monoisotopic (exact) mass is 315 g/mol. The van der Waals surface area contributed by atoms with Gasteiger partial charge in [-0.1, -0.05) is 12.2 Å². The number of sulfone groups is 1. The van der Waals surface area contributed by atoms with Crippen molar-refractivity contribution in [3.63, 3.8) is 0 Å². The van der Waals surface area contributed by atoms with Crippen molar-refractivity contribution in [2.45, 2.75) is 38.6 Å². The zero-order valence-electron chi connectivity index (χ0n) is 12.0. The zero-order valence-corrected chi connectivity index (χ0v) is 12.9. The molecule has 2 rings (SSSR count). The second-order valence-electron chi connectivity index (χ2n) is 5.98. The van der Waals surface area contributed by atoms with Crippen LogP contribution in [0.15, 0.2) is 12.2 Å². The Morgan fingerprint density at radius 2 is 2.00 bits per heavy atom. The lowest BCUT2D eigenvalue weighted by atomic mass is 9.96. The van der Waals surface area contributed by atoms with Crippen LogP contribution in [0.2, 0.25) is 0 Å². The van der Waals surface area contributed by atoms with Gasteiger partial charge in [0.1, 0.15) is 15.9 Å². The van der Waals surface area contributed by atoms with Gasteiger partial charge in [0.2, 0.25) is 5.91 Å². The standard InChI is InChI=1S/C14H21NO5S/c1-2-3-4-11(13(17)18)15-12(16)10-9-14(10)5-7-21(19,20)8-6-14/h2-3,10-11H,4-9H2,1H3,(H,15,16)(H,17,18)/b3-2+. The number of hydrogen-bond donors (Lipinski definition) is 2. The molecule has 1 spiro atoms. The molecule has 2 aliphatic rings. The van der Waals surface area contributed by atoms with Gasteiger partial charge in [-0.15, -0.1) is 0 Å². The molecular formula is C14H21NO5S. The molecule has 2 atom stereocenters. The Morgan fingerprint density at radius 3 is 2.52 bits per heavy atom. The van der Waals surface area contributed by atoms with Gasteiger partial charge >= 0.3 is 5.97 Å². The first-order valence-electron chi connectivity index (χ1n) is 7.14. The van der Waals surface area contributed by atoms with E-state index in [9.17, 15) is 18.0 Å². The summed E-state index contributed by atoms with van der Waals surface area (Å²) >= 11 is 0. The summed E-state index contributed by atoms with van der Waals surface area (Å²) in [6.07, 6.45) is 5.40. The summed E-state index contributed by atoms with van der Waals surface area (Å²) in [7, 11) is -2.95. The molecule has 2 unspecified atom stereocenters. The molecule has 1 aliphatic carbocycles. The Bertz CT molecular complexity index is 552. The van der Waals surface area contributed by atoms with Crippen LogP contribution < -0.4 is 5.32 Å². The van der Waals surface area contributed by atoms with Crippen molar-refractivity contribution in [2.75, 3.05) is 11.5 Å². The maximum atomic E-state index is 12.2. The maximum absolute atomic E-state index is 12.2. The van der Waals surface area contributed by atoms with Crippen LogP contribution >= 0.6 is 0 Å². The van der Waals surface area contributed by atoms with E-state index in [0.717, 1.165) is 0 Å². The number of hydrogen-bond acceptors (Lipinski definition) is 4. The number of carbonyl (C=O) groups is 2. The van der Waals surface area contributed by atoms with Crippen molar-refractivity contribution in [1.82, 2.24) is 5.32 Å². The topological polar surface area (TPSA) is 101 Å². The van der Waals surface area contributed by atoms with Gasteiger partial charge in [-0.2, -0.15) is 0 Å². The minimum absolute atomic E-state index is 0.137. The quantitative estimate of drug-likeness (QED) is 0.729. The van der Waals surface area contributed by atoms with Crippen LogP contribution in [0.4, 0.5) is 0 Å². The van der Waals surface area contributed by atoms with Crippen molar-refractivity contribution >= 4 is 21.7 Å². The Balaban J connectivity index is 1.92. The molecule has 21 heavy (non-hydrogen) atoms. The third-order valence-corrected chi connectivity index (χ3v) is 6.20. The molecule has 1 aliphatic heterocycles. The average Bonchev–Trinajstić information content (AvgIpc) is 3.13. The Labute approximate surface area is 124 Å². The molecule has 1 heterocycles. The van der Waals surface area contributed by atoms with Gasteiger partial charge in [0, 0.05) is 5.92 Å². The van der Waals surface area contributed by atoms with Gasteiger partial charge in [0.25, 0.3) is 0 Å². The fourth-order valence-electron chi connectivity index (χ4n) is 2.98. The van der Waals surface area contributed by atoms with E-state index >= 15 is 0 Å². The van der Waals surface area contributed by atoms with Gasteiger partial charge in [-0.25, -0.2) is 13.2 Å². The van der Waals surface area contributed by atoms with Crippen LogP contribution in [0.25, 0.3) is 0 Å². The van der Waals surface area contributed by atoms with Crippen LogP contribution in [0, 0.1) is 11.3 Å². The normalized spacial score (nSPS) is 27.4. The van der Waals surface area contributed by atoms with Gasteiger partial charge in [-0.3, -0.25) is 4.79 Å². The molecule has 1 saturated heterocycles. The highest BCUT2D eigenvalue weighted by molar-refractivity contribution is 7.91. The summed E-state index contributed by atoms with van der Waals surface area (Å²) in [4.78, 5) is 23.3. The lowest BCUT2D eigenvalue weighted by Crippen LogP contribution is -2.42. The van der Waals surface area contributed by atoms with E-state index in [2.05, 4.69) is 5.32 Å². The molecule has 0 bridgehead atoms. The van der Waals surface area contributed by atoms with Crippen molar-refractivity contribution in [2.24, 2.45) is 11.3 Å². The number of nitrogens with one attached hydrogen (secondary N) is 1. The van der Waals surface area contributed by atoms with Crippen LogP contribution in [0.3, 0.4) is 0 Å². The van der Waals surface area contributed by atoms with Gasteiger partial charge < -0.3 is 10.4 Å². The smallest absolute Gasteiger partial charge is 0.326 e. The fraction of sp³-hybridized carbons (Fsp3) is 0.714. The molecule has 6 nitrogen and oxygen atoms in total. The van der Waals surface area contributed by atoms with Gasteiger partial charge in [0.05, 0.1) is 11.5 Å². The van der Waals surface area contributed by atoms with E-state index in [1.165, 1.54) is 0 Å². The summed E-state index contributed by atoms with van der Waals surface area (Å²) in [6.45, 7) is 1.79. The van der Waals surface area contributed by atoms with Crippen molar-refractivity contribution in [3.05, 3.63) is 12.2 Å². The first-order valence-corrected chi connectivity index (χ1v) is 8.96. The molecule has 7 heteroatoms.